The van der Waals surface area contributed by atoms with E-state index in [1.807, 2.05) is 54.6 Å². The summed E-state index contributed by atoms with van der Waals surface area (Å²) in [6.07, 6.45) is 2.97. The van der Waals surface area contributed by atoms with Crippen molar-refractivity contribution < 1.29 is 14.3 Å². The second kappa shape index (κ2) is 9.03. The molecule has 0 fully saturated rings. The molecule has 0 saturated heterocycles. The molecule has 0 radical (unpaired) electrons. The first-order chi connectivity index (χ1) is 11.6. The number of amides is 1. The highest BCUT2D eigenvalue weighted by atomic mass is 79.9. The molecular weight excluding hydrogens is 370 g/mol. The Morgan fingerprint density at radius 3 is 2.46 bits per heavy atom. The molecule has 0 saturated carbocycles. The number of nitrogens with zero attached hydrogens (tertiary/aromatic N) is 1. The fraction of sp³-hybridized carbons (Fsp3) is 0.158. The summed E-state index contributed by atoms with van der Waals surface area (Å²) >= 11 is 3.45. The third kappa shape index (κ3) is 5.66. The largest absolute Gasteiger partial charge is 0.452 e. The number of esters is 1. The van der Waals surface area contributed by atoms with Crippen LogP contribution in [0.4, 0.5) is 0 Å². The molecule has 1 amide bonds. The minimum atomic E-state index is -0.540. The topological polar surface area (TPSA) is 46.6 Å². The lowest BCUT2D eigenvalue weighted by Gasteiger charge is -2.17. The monoisotopic (exact) mass is 387 g/mol. The summed E-state index contributed by atoms with van der Waals surface area (Å²) in [7, 11) is 1.68. The zero-order chi connectivity index (χ0) is 17.4. The maximum Gasteiger partial charge on any atom is 0.331 e. The number of likely N-dealkylation sites (N-methyl/N-ethyl adjacent to an activating group) is 1. The van der Waals surface area contributed by atoms with Gasteiger partial charge in [-0.25, -0.2) is 4.79 Å². The van der Waals surface area contributed by atoms with Gasteiger partial charge in [0.15, 0.2) is 6.61 Å². The van der Waals surface area contributed by atoms with E-state index in [1.54, 1.807) is 13.1 Å². The Bertz CT molecular complexity index is 728. The number of carbonyl (C=O) groups excluding carboxylic acids is 2. The van der Waals surface area contributed by atoms with Gasteiger partial charge in [-0.15, -0.1) is 0 Å². The normalized spacial score (nSPS) is 10.6. The summed E-state index contributed by atoms with van der Waals surface area (Å²) in [5.74, 6) is -0.797. The number of halogens is 1. The highest BCUT2D eigenvalue weighted by molar-refractivity contribution is 9.10. The molecule has 0 aliphatic carbocycles. The lowest BCUT2D eigenvalue weighted by atomic mass is 10.2. The Morgan fingerprint density at radius 1 is 1.08 bits per heavy atom. The molecule has 0 spiro atoms. The Balaban J connectivity index is 1.80. The van der Waals surface area contributed by atoms with Gasteiger partial charge >= 0.3 is 5.97 Å². The van der Waals surface area contributed by atoms with Crippen LogP contribution in [0.3, 0.4) is 0 Å². The summed E-state index contributed by atoms with van der Waals surface area (Å²) in [6.45, 7) is 0.163. The molecule has 0 aliphatic rings. The van der Waals surface area contributed by atoms with Gasteiger partial charge in [0.25, 0.3) is 5.91 Å². The number of ether oxygens (including phenoxy) is 1. The molecule has 0 N–H and O–H groups in total. The minimum Gasteiger partial charge on any atom is -0.452 e. The van der Waals surface area contributed by atoms with Gasteiger partial charge in [0.1, 0.15) is 0 Å². The number of hydrogen-bond donors (Lipinski definition) is 0. The Labute approximate surface area is 149 Å². The number of rotatable bonds is 6. The van der Waals surface area contributed by atoms with Gasteiger partial charge in [-0.1, -0.05) is 64.5 Å². The van der Waals surface area contributed by atoms with Gasteiger partial charge in [-0.3, -0.25) is 4.79 Å². The highest BCUT2D eigenvalue weighted by Gasteiger charge is 2.12. The number of carbonyl (C=O) groups is 2. The van der Waals surface area contributed by atoms with E-state index in [0.29, 0.717) is 6.54 Å². The second-order valence-electron chi connectivity index (χ2n) is 5.19. The van der Waals surface area contributed by atoms with Crippen molar-refractivity contribution in [2.24, 2.45) is 0 Å². The molecule has 0 atom stereocenters. The molecule has 2 rings (SSSR count). The molecule has 4 nitrogen and oxygen atoms in total. The maximum atomic E-state index is 12.0. The fourth-order valence-corrected chi connectivity index (χ4v) is 2.40. The van der Waals surface area contributed by atoms with E-state index in [4.69, 9.17) is 4.74 Å². The van der Waals surface area contributed by atoms with Crippen molar-refractivity contribution in [2.75, 3.05) is 13.7 Å². The van der Waals surface area contributed by atoms with Crippen LogP contribution in [0.15, 0.2) is 65.1 Å². The van der Waals surface area contributed by atoms with Gasteiger partial charge in [-0.2, -0.15) is 0 Å². The van der Waals surface area contributed by atoms with E-state index in [0.717, 1.165) is 15.6 Å². The van der Waals surface area contributed by atoms with Crippen LogP contribution in [0.25, 0.3) is 6.08 Å². The van der Waals surface area contributed by atoms with Gasteiger partial charge in [0, 0.05) is 24.1 Å². The SMILES string of the molecule is CN(Cc1ccccc1Br)C(=O)COC(=O)/C=C/c1ccccc1. The minimum absolute atomic E-state index is 0.257. The number of hydrogen-bond acceptors (Lipinski definition) is 3. The van der Waals surface area contributed by atoms with Crippen LogP contribution < -0.4 is 0 Å². The molecule has 2 aromatic rings. The summed E-state index contributed by atoms with van der Waals surface area (Å²) in [6, 6.07) is 17.1. The zero-order valence-electron chi connectivity index (χ0n) is 13.3. The summed E-state index contributed by atoms with van der Waals surface area (Å²) in [5.41, 5.74) is 1.88. The average Bonchev–Trinajstić information content (AvgIpc) is 2.60. The molecule has 0 heterocycles. The van der Waals surface area contributed by atoms with Crippen LogP contribution >= 0.6 is 15.9 Å². The van der Waals surface area contributed by atoms with Crippen LogP contribution in [-0.4, -0.2) is 30.4 Å². The van der Waals surface area contributed by atoms with Crippen molar-refractivity contribution in [3.05, 3.63) is 76.3 Å². The fourth-order valence-electron chi connectivity index (χ4n) is 1.99. The summed E-state index contributed by atoms with van der Waals surface area (Å²) in [5, 5.41) is 0. The first-order valence-electron chi connectivity index (χ1n) is 7.43. The summed E-state index contributed by atoms with van der Waals surface area (Å²) < 4.78 is 5.92. The zero-order valence-corrected chi connectivity index (χ0v) is 14.9. The van der Waals surface area contributed by atoms with Crippen molar-refractivity contribution in [1.82, 2.24) is 4.90 Å². The molecule has 5 heteroatoms. The van der Waals surface area contributed by atoms with Gasteiger partial charge in [-0.05, 0) is 23.3 Å². The quantitative estimate of drug-likeness (QED) is 0.561. The third-order valence-electron chi connectivity index (χ3n) is 3.34. The molecule has 0 bridgehead atoms. The van der Waals surface area contributed by atoms with E-state index in [-0.39, 0.29) is 12.5 Å². The Hall–Kier alpha value is -2.40. The Kier molecular flexibility index (Phi) is 6.75. The lowest BCUT2D eigenvalue weighted by molar-refractivity contribution is -0.147. The van der Waals surface area contributed by atoms with Gasteiger partial charge in [0.05, 0.1) is 0 Å². The first kappa shape index (κ1) is 17.9. The van der Waals surface area contributed by atoms with Crippen molar-refractivity contribution in [3.63, 3.8) is 0 Å². The maximum absolute atomic E-state index is 12.0. The predicted molar refractivity (Wildman–Crippen MR) is 97.1 cm³/mol. The van der Waals surface area contributed by atoms with Crippen LogP contribution in [-0.2, 0) is 20.9 Å². The van der Waals surface area contributed by atoms with E-state index in [1.165, 1.54) is 11.0 Å². The molecule has 2 aromatic carbocycles. The van der Waals surface area contributed by atoms with E-state index in [2.05, 4.69) is 15.9 Å². The van der Waals surface area contributed by atoms with Crippen LogP contribution in [0, 0.1) is 0 Å². The predicted octanol–water partition coefficient (Wildman–Crippen LogP) is 3.66. The van der Waals surface area contributed by atoms with E-state index >= 15 is 0 Å². The van der Waals surface area contributed by atoms with Crippen LogP contribution in [0.5, 0.6) is 0 Å². The standard InChI is InChI=1S/C19H18BrNO3/c1-21(13-16-9-5-6-10-17(16)20)18(22)14-24-19(23)12-11-15-7-3-2-4-8-15/h2-12H,13-14H2,1H3/b12-11+. The second-order valence-corrected chi connectivity index (χ2v) is 6.05. The molecule has 24 heavy (non-hydrogen) atoms. The van der Waals surface area contributed by atoms with Gasteiger partial charge < -0.3 is 9.64 Å². The molecule has 124 valence electrons. The van der Waals surface area contributed by atoms with E-state index < -0.39 is 5.97 Å². The van der Waals surface area contributed by atoms with Crippen molar-refractivity contribution >= 4 is 33.9 Å². The highest BCUT2D eigenvalue weighted by Crippen LogP contribution is 2.17. The molecule has 0 aliphatic heterocycles. The van der Waals surface area contributed by atoms with Crippen LogP contribution in [0.2, 0.25) is 0 Å². The van der Waals surface area contributed by atoms with Crippen LogP contribution in [0.1, 0.15) is 11.1 Å². The number of benzene rings is 2. The van der Waals surface area contributed by atoms with Crippen molar-refractivity contribution in [2.45, 2.75) is 6.54 Å². The molecular formula is C19H18BrNO3. The van der Waals surface area contributed by atoms with Crippen molar-refractivity contribution in [3.8, 4) is 0 Å². The third-order valence-corrected chi connectivity index (χ3v) is 4.11. The smallest absolute Gasteiger partial charge is 0.331 e. The summed E-state index contributed by atoms with van der Waals surface area (Å²) in [4.78, 5) is 25.2. The molecule has 0 aromatic heterocycles. The lowest BCUT2D eigenvalue weighted by Crippen LogP contribution is -2.30. The van der Waals surface area contributed by atoms with E-state index in [9.17, 15) is 9.59 Å². The van der Waals surface area contributed by atoms with Crippen molar-refractivity contribution in [1.29, 1.82) is 0 Å². The first-order valence-corrected chi connectivity index (χ1v) is 8.23. The average molecular weight is 388 g/mol. The Morgan fingerprint density at radius 2 is 1.75 bits per heavy atom. The van der Waals surface area contributed by atoms with Gasteiger partial charge in [0.2, 0.25) is 0 Å². The molecule has 0 unspecified atom stereocenters.